The van der Waals surface area contributed by atoms with Crippen molar-refractivity contribution in [3.63, 3.8) is 0 Å². The molecule has 0 aliphatic heterocycles. The maximum atomic E-state index is 10.8. The highest BCUT2D eigenvalue weighted by molar-refractivity contribution is 7.99. The molecule has 0 aliphatic carbocycles. The lowest BCUT2D eigenvalue weighted by molar-refractivity contribution is 0.0693. The zero-order valence-corrected chi connectivity index (χ0v) is 9.04. The number of benzene rings is 1. The van der Waals surface area contributed by atoms with Crippen molar-refractivity contribution in [3.8, 4) is 0 Å². The molecule has 0 saturated carbocycles. The van der Waals surface area contributed by atoms with Crippen LogP contribution in [-0.4, -0.2) is 23.6 Å². The third-order valence-corrected chi connectivity index (χ3v) is 3.16. The van der Waals surface area contributed by atoms with Crippen LogP contribution in [0.5, 0.6) is 0 Å². The molecule has 0 radical (unpaired) electrons. The molecule has 1 aromatic rings. The Kier molecular flexibility index (Phi) is 3.69. The molecule has 1 rings (SSSR count). The monoisotopic (exact) mass is 214 g/mol. The zero-order chi connectivity index (χ0) is 9.84. The Morgan fingerprint density at radius 1 is 1.31 bits per heavy atom. The van der Waals surface area contributed by atoms with Gasteiger partial charge in [-0.05, 0) is 30.7 Å². The van der Waals surface area contributed by atoms with Gasteiger partial charge in [-0.3, -0.25) is 0 Å². The van der Waals surface area contributed by atoms with Crippen molar-refractivity contribution >= 4 is 29.5 Å². The minimum absolute atomic E-state index is 0.388. The fourth-order valence-electron chi connectivity index (χ4n) is 0.981. The molecule has 1 N–H and O–H groups in total. The van der Waals surface area contributed by atoms with Gasteiger partial charge in [-0.2, -0.15) is 0 Å². The van der Waals surface area contributed by atoms with Gasteiger partial charge in [0, 0.05) is 9.79 Å². The lowest BCUT2D eigenvalue weighted by atomic mass is 10.2. The summed E-state index contributed by atoms with van der Waals surface area (Å²) >= 11 is 3.00. The summed E-state index contributed by atoms with van der Waals surface area (Å²) in [5, 5.41) is 8.89. The summed E-state index contributed by atoms with van der Waals surface area (Å²) < 4.78 is 0. The minimum atomic E-state index is -0.861. The molecule has 0 unspecified atom stereocenters. The second kappa shape index (κ2) is 4.58. The lowest BCUT2D eigenvalue weighted by Crippen LogP contribution is -1.98. The van der Waals surface area contributed by atoms with Gasteiger partial charge >= 0.3 is 5.97 Å². The van der Waals surface area contributed by atoms with Gasteiger partial charge in [0.25, 0.3) is 0 Å². The molecular formula is C9H10O2S2. The molecule has 0 saturated heterocycles. The van der Waals surface area contributed by atoms with Gasteiger partial charge in [0.2, 0.25) is 0 Å². The first kappa shape index (κ1) is 10.5. The summed E-state index contributed by atoms with van der Waals surface area (Å²) in [4.78, 5) is 12.6. The SMILES string of the molecule is CSc1ccc(SC)c(C(=O)O)c1. The first-order chi connectivity index (χ1) is 6.19. The maximum Gasteiger partial charge on any atom is 0.336 e. The van der Waals surface area contributed by atoms with Gasteiger partial charge in [0.15, 0.2) is 0 Å². The van der Waals surface area contributed by atoms with E-state index >= 15 is 0 Å². The van der Waals surface area contributed by atoms with E-state index in [9.17, 15) is 4.79 Å². The highest BCUT2D eigenvalue weighted by Crippen LogP contribution is 2.25. The molecular weight excluding hydrogens is 204 g/mol. The molecule has 0 heterocycles. The van der Waals surface area contributed by atoms with Crippen LogP contribution in [0.2, 0.25) is 0 Å². The largest absolute Gasteiger partial charge is 0.478 e. The molecule has 1 aromatic carbocycles. The first-order valence-electron chi connectivity index (χ1n) is 3.64. The fraction of sp³-hybridized carbons (Fsp3) is 0.222. The smallest absolute Gasteiger partial charge is 0.336 e. The van der Waals surface area contributed by atoms with E-state index in [-0.39, 0.29) is 0 Å². The van der Waals surface area contributed by atoms with Crippen molar-refractivity contribution in [1.82, 2.24) is 0 Å². The number of carboxylic acids is 1. The van der Waals surface area contributed by atoms with Crippen molar-refractivity contribution in [2.24, 2.45) is 0 Å². The zero-order valence-electron chi connectivity index (χ0n) is 7.40. The Balaban J connectivity index is 3.18. The van der Waals surface area contributed by atoms with Crippen molar-refractivity contribution in [2.45, 2.75) is 9.79 Å². The molecule has 0 aliphatic rings. The van der Waals surface area contributed by atoms with E-state index in [1.165, 1.54) is 11.8 Å². The topological polar surface area (TPSA) is 37.3 Å². The highest BCUT2D eigenvalue weighted by atomic mass is 32.2. The van der Waals surface area contributed by atoms with Crippen LogP contribution in [0, 0.1) is 0 Å². The molecule has 2 nitrogen and oxygen atoms in total. The standard InChI is InChI=1S/C9H10O2S2/c1-12-6-3-4-8(13-2)7(5-6)9(10)11/h3-5H,1-2H3,(H,10,11). The Morgan fingerprint density at radius 3 is 2.46 bits per heavy atom. The quantitative estimate of drug-likeness (QED) is 0.785. The summed E-state index contributed by atoms with van der Waals surface area (Å²) in [5.74, 6) is -0.861. The van der Waals surface area contributed by atoms with E-state index in [0.717, 1.165) is 9.79 Å². The minimum Gasteiger partial charge on any atom is -0.478 e. The normalized spacial score (nSPS) is 10.0. The number of hydrogen-bond acceptors (Lipinski definition) is 3. The molecule has 0 amide bonds. The van der Waals surface area contributed by atoms with Crippen LogP contribution in [0.1, 0.15) is 10.4 Å². The third-order valence-electron chi connectivity index (χ3n) is 1.64. The van der Waals surface area contributed by atoms with Gasteiger partial charge in [0.1, 0.15) is 0 Å². The van der Waals surface area contributed by atoms with E-state index in [1.54, 1.807) is 17.8 Å². The van der Waals surface area contributed by atoms with Gasteiger partial charge in [0.05, 0.1) is 5.56 Å². The average Bonchev–Trinajstić information content (AvgIpc) is 2.16. The summed E-state index contributed by atoms with van der Waals surface area (Å²) in [7, 11) is 0. The van der Waals surface area contributed by atoms with Crippen molar-refractivity contribution in [3.05, 3.63) is 23.8 Å². The van der Waals surface area contributed by atoms with Crippen LogP contribution >= 0.6 is 23.5 Å². The highest BCUT2D eigenvalue weighted by Gasteiger charge is 2.09. The number of carboxylic acid groups (broad SMARTS) is 1. The summed E-state index contributed by atoms with van der Waals surface area (Å²) in [6, 6.07) is 5.49. The Morgan fingerprint density at radius 2 is 2.00 bits per heavy atom. The lowest BCUT2D eigenvalue weighted by Gasteiger charge is -2.04. The van der Waals surface area contributed by atoms with Crippen LogP contribution < -0.4 is 0 Å². The Labute approximate surface area is 85.7 Å². The first-order valence-corrected chi connectivity index (χ1v) is 6.09. The Bertz CT molecular complexity index is 323. The van der Waals surface area contributed by atoms with E-state index in [1.807, 2.05) is 24.6 Å². The second-order valence-electron chi connectivity index (χ2n) is 2.37. The second-order valence-corrected chi connectivity index (χ2v) is 4.10. The third kappa shape index (κ3) is 2.42. The predicted molar refractivity (Wildman–Crippen MR) is 57.0 cm³/mol. The molecule has 70 valence electrons. The summed E-state index contributed by atoms with van der Waals surface area (Å²) in [5.41, 5.74) is 0.388. The number of hydrogen-bond donors (Lipinski definition) is 1. The molecule has 4 heteroatoms. The number of carbonyl (C=O) groups is 1. The van der Waals surface area contributed by atoms with Crippen LogP contribution in [0.25, 0.3) is 0 Å². The molecule has 0 aromatic heterocycles. The van der Waals surface area contributed by atoms with Gasteiger partial charge in [-0.1, -0.05) is 0 Å². The molecule has 0 atom stereocenters. The average molecular weight is 214 g/mol. The van der Waals surface area contributed by atoms with Gasteiger partial charge in [-0.15, -0.1) is 23.5 Å². The number of thioether (sulfide) groups is 2. The van der Waals surface area contributed by atoms with Crippen LogP contribution in [-0.2, 0) is 0 Å². The van der Waals surface area contributed by atoms with Crippen molar-refractivity contribution in [2.75, 3.05) is 12.5 Å². The van der Waals surface area contributed by atoms with Crippen LogP contribution in [0.4, 0.5) is 0 Å². The van der Waals surface area contributed by atoms with Gasteiger partial charge in [-0.25, -0.2) is 4.79 Å². The Hall–Kier alpha value is -0.610. The molecule has 13 heavy (non-hydrogen) atoms. The maximum absolute atomic E-state index is 10.8. The van der Waals surface area contributed by atoms with Gasteiger partial charge < -0.3 is 5.11 Å². The fourth-order valence-corrected chi connectivity index (χ4v) is 1.99. The van der Waals surface area contributed by atoms with Crippen molar-refractivity contribution < 1.29 is 9.90 Å². The van der Waals surface area contributed by atoms with Crippen LogP contribution in [0.15, 0.2) is 28.0 Å². The number of aromatic carboxylic acids is 1. The molecule has 0 spiro atoms. The van der Waals surface area contributed by atoms with E-state index in [4.69, 9.17) is 5.11 Å². The van der Waals surface area contributed by atoms with Crippen LogP contribution in [0.3, 0.4) is 0 Å². The predicted octanol–water partition coefficient (Wildman–Crippen LogP) is 2.83. The van der Waals surface area contributed by atoms with E-state index in [2.05, 4.69) is 0 Å². The van der Waals surface area contributed by atoms with E-state index < -0.39 is 5.97 Å². The molecule has 0 fully saturated rings. The molecule has 0 bridgehead atoms. The summed E-state index contributed by atoms with van der Waals surface area (Å²) in [6.07, 6.45) is 3.81. The van der Waals surface area contributed by atoms with E-state index in [0.29, 0.717) is 5.56 Å². The summed E-state index contributed by atoms with van der Waals surface area (Å²) in [6.45, 7) is 0. The van der Waals surface area contributed by atoms with Crippen molar-refractivity contribution in [1.29, 1.82) is 0 Å². The number of rotatable bonds is 3.